The van der Waals surface area contributed by atoms with Gasteiger partial charge >= 0.3 is 6.95 Å². The Balaban J connectivity index is 0.000000222. The van der Waals surface area contributed by atoms with E-state index in [1.54, 1.807) is 0 Å². The van der Waals surface area contributed by atoms with Gasteiger partial charge in [-0.05, 0) is 150 Å². The van der Waals surface area contributed by atoms with E-state index in [0.29, 0.717) is 19.8 Å². The number of nitrogens with zero attached hydrogens (tertiary/aromatic N) is 4. The first-order valence-electron chi connectivity index (χ1n) is 47.3. The Morgan fingerprint density at radius 1 is 0.374 bits per heavy atom. The number of fused-ring (bicyclic) bond motifs is 12. The number of hydrogen-bond donors (Lipinski definition) is 1. The first-order chi connectivity index (χ1) is 59.6. The molecule has 1 N–H and O–H groups in total. The molecular formula is C111H145ClN4O6P+. The van der Waals surface area contributed by atoms with Gasteiger partial charge in [0.2, 0.25) is 11.4 Å². The van der Waals surface area contributed by atoms with Crippen molar-refractivity contribution in [1.82, 2.24) is 0 Å². The van der Waals surface area contributed by atoms with Crippen molar-refractivity contribution in [3.63, 3.8) is 0 Å². The van der Waals surface area contributed by atoms with E-state index in [1.807, 2.05) is 0 Å². The molecule has 123 heavy (non-hydrogen) atoms. The number of aliphatic carboxylic acids is 1. The number of carboxylic acids is 1. The monoisotopic (exact) mass is 1700 g/mol. The standard InChI is InChI=1S/C55H70N2O2.C54H71N2O.C2H4ClO3P/c1-54(2)49(56(5)47-40-38-43-31-26-28-33-45(43)52(47)54)35-23-19-18-20-24-36-50-55(3,4)53-46-34-29-27-32-44(46)39-41-48(53)57(50)42-30-22-17-15-13-11-9-7-6-8-10-12-14-16-21-25-37-51(58)59;1-53(2)49(55(5)47-39-37-43-31-25-27-33-45(43)51(47)53)35-23-19-18-20-24-36-50-54(3,4)52-46-34-28-26-32-44(46)38-40-48(52)56(50)41-29-21-16-14-12-10-8-6-7-9-11-13-15-17-22-30-42-57;3-7(4)5-1-2-6-7/h18-20,23-24,26-29,31-36,38-41H,6-17,21-22,25,30,37,42H2,1-5H3;18-20,23-28,31-40,57H,6-17,21-22,29-30,41-42H2,1-5H3;1-2H2/q;+1;. The third-order valence-corrected chi connectivity index (χ3v) is 28.1. The second-order valence-corrected chi connectivity index (χ2v) is 39.7. The van der Waals surface area contributed by atoms with Gasteiger partial charge in [0.25, 0.3) is 0 Å². The van der Waals surface area contributed by atoms with E-state index in [-0.39, 0.29) is 28.1 Å². The van der Waals surface area contributed by atoms with Crippen LogP contribution in [0.2, 0.25) is 0 Å². The quantitative estimate of drug-likeness (QED) is 0.0174. The highest BCUT2D eigenvalue weighted by molar-refractivity contribution is 7.81. The van der Waals surface area contributed by atoms with Gasteiger partial charge in [-0.3, -0.25) is 9.05 Å². The molecule has 5 aliphatic heterocycles. The molecule has 1 fully saturated rings. The molecule has 13 rings (SSSR count). The first-order valence-corrected chi connectivity index (χ1v) is 49.7. The molecule has 0 atom stereocenters. The highest BCUT2D eigenvalue weighted by atomic mass is 35.7. The fourth-order valence-corrected chi connectivity index (χ4v) is 21.2. The van der Waals surface area contributed by atoms with Crippen LogP contribution >= 0.6 is 18.2 Å². The third-order valence-electron chi connectivity index (χ3n) is 26.6. The van der Waals surface area contributed by atoms with E-state index in [2.05, 4.69) is 328 Å². The second kappa shape index (κ2) is 47.2. The molecule has 8 aromatic carbocycles. The van der Waals surface area contributed by atoms with Gasteiger partial charge in [-0.25, -0.2) is 4.57 Å². The number of hydrogen-bond acceptors (Lipinski definition) is 8. The van der Waals surface area contributed by atoms with Crippen LogP contribution in [0.1, 0.15) is 290 Å². The lowest BCUT2D eigenvalue weighted by Gasteiger charge is -2.27. The molecule has 1 saturated heterocycles. The van der Waals surface area contributed by atoms with Gasteiger partial charge in [-0.15, -0.1) is 0 Å². The number of aliphatic hydroxyl groups excluding tert-OH is 1. The molecule has 0 saturated carbocycles. The number of halogens is 1. The Bertz CT molecular complexity index is 5190. The maximum Gasteiger partial charge on any atom is 0.424 e. The van der Waals surface area contributed by atoms with Crippen molar-refractivity contribution < 1.29 is 37.8 Å². The van der Waals surface area contributed by atoms with Crippen LogP contribution in [-0.4, -0.2) is 78.7 Å². The predicted octanol–water partition coefficient (Wildman–Crippen LogP) is 29.7. The van der Waals surface area contributed by atoms with Crippen molar-refractivity contribution in [3.8, 4) is 0 Å². The maximum absolute atomic E-state index is 10.5. The van der Waals surface area contributed by atoms with Crippen molar-refractivity contribution >= 4 is 101 Å². The van der Waals surface area contributed by atoms with E-state index in [9.17, 15) is 14.5 Å². The van der Waals surface area contributed by atoms with Gasteiger partial charge in [0.05, 0.1) is 24.0 Å². The number of aliphatic hydroxyl groups is 1. The molecule has 12 heteroatoms. The van der Waals surface area contributed by atoms with E-state index >= 15 is 0 Å². The average Bonchev–Trinajstić information content (AvgIpc) is 1.60. The van der Waals surface area contributed by atoms with Crippen molar-refractivity contribution in [2.24, 2.45) is 0 Å². The average molecular weight is 1700 g/mol. The Morgan fingerprint density at radius 2 is 0.650 bits per heavy atom. The molecule has 0 aliphatic carbocycles. The van der Waals surface area contributed by atoms with Crippen LogP contribution in [0.5, 0.6) is 0 Å². The van der Waals surface area contributed by atoms with Gasteiger partial charge in [-0.2, -0.15) is 9.15 Å². The van der Waals surface area contributed by atoms with Gasteiger partial charge in [-0.1, -0.05) is 377 Å². The molecular weight excluding hydrogens is 1550 g/mol. The largest absolute Gasteiger partial charge is 0.550 e. The molecule has 10 nitrogen and oxygen atoms in total. The first kappa shape index (κ1) is 95.2. The third kappa shape index (κ3) is 25.2. The van der Waals surface area contributed by atoms with Crippen molar-refractivity contribution in [1.29, 1.82) is 0 Å². The van der Waals surface area contributed by atoms with Crippen molar-refractivity contribution in [2.75, 3.05) is 56.8 Å². The number of anilines is 2. The number of rotatable bonds is 45. The van der Waals surface area contributed by atoms with E-state index in [1.165, 1.54) is 291 Å². The fraction of sp³-hybridized carbons (Fsp3) is 0.468. The molecule has 656 valence electrons. The van der Waals surface area contributed by atoms with Crippen LogP contribution < -0.4 is 14.9 Å². The fourth-order valence-electron chi connectivity index (χ4n) is 20.1. The lowest BCUT2D eigenvalue weighted by Crippen LogP contribution is -2.27. The summed E-state index contributed by atoms with van der Waals surface area (Å²) in [5.74, 6) is -0.912. The maximum atomic E-state index is 10.5. The SMILES string of the molecule is C[N+]1=C(/C=C/C=C/C=C/C=C2/N(CCCCCCCCCCCCCCCCCCC(=O)[O-])c3ccc4ccccc4c3C2(C)C)C(C)(C)c2c1ccc1ccccc21.C[N+]1=C(/C=C/C=C/C=C/C=C2/N(CCCCCCCCCCCCCCCCCCO)c3ccc4ccccc4c3C2(C)C)C(C)(C)c2c1ccc1ccccc21.O=P1(Cl)OCCO1. The lowest BCUT2D eigenvalue weighted by molar-refractivity contribution is -0.401. The van der Waals surface area contributed by atoms with Gasteiger partial charge in [0, 0.05) is 106 Å². The van der Waals surface area contributed by atoms with Crippen LogP contribution in [0.25, 0.3) is 43.1 Å². The number of benzene rings is 8. The molecule has 0 amide bonds. The Kier molecular flexibility index (Phi) is 36.5. The Morgan fingerprint density at radius 3 is 0.959 bits per heavy atom. The topological polar surface area (TPSA) is 108 Å². The molecule has 0 radical (unpaired) electrons. The number of allylic oxidation sites excluding steroid dienone is 16. The molecule has 0 bridgehead atoms. The summed E-state index contributed by atoms with van der Waals surface area (Å²) < 4.78 is 23.9. The van der Waals surface area contributed by atoms with E-state index in [0.717, 1.165) is 38.8 Å². The normalized spacial score (nSPS) is 17.3. The summed E-state index contributed by atoms with van der Waals surface area (Å²) in [6, 6.07) is 53.7. The van der Waals surface area contributed by atoms with Gasteiger partial charge < -0.3 is 24.8 Å². The minimum Gasteiger partial charge on any atom is -0.550 e. The number of carbonyl (C=O) groups is 1. The van der Waals surface area contributed by atoms with Crippen molar-refractivity contribution in [2.45, 2.75) is 289 Å². The minimum absolute atomic E-state index is 0.0755. The van der Waals surface area contributed by atoms with E-state index < -0.39 is 12.9 Å². The highest BCUT2D eigenvalue weighted by Crippen LogP contribution is 2.57. The molecule has 0 spiro atoms. The summed E-state index contributed by atoms with van der Waals surface area (Å²) in [7, 11) is 4.39. The zero-order valence-corrected chi connectivity index (χ0v) is 78.1. The molecule has 0 unspecified atom stereocenters. The van der Waals surface area contributed by atoms with Crippen LogP contribution in [0.4, 0.5) is 22.7 Å². The summed E-state index contributed by atoms with van der Waals surface area (Å²) in [5.41, 5.74) is 16.2. The van der Waals surface area contributed by atoms with E-state index in [4.69, 9.17) is 16.3 Å². The van der Waals surface area contributed by atoms with Gasteiger partial charge in [0.15, 0.2) is 11.4 Å². The zero-order chi connectivity index (χ0) is 87.1. The second-order valence-electron chi connectivity index (χ2n) is 37.0. The zero-order valence-electron chi connectivity index (χ0n) is 76.4. The smallest absolute Gasteiger partial charge is 0.424 e. The summed E-state index contributed by atoms with van der Waals surface area (Å²) in [4.78, 5) is 15.7. The predicted molar refractivity (Wildman–Crippen MR) is 525 cm³/mol. The number of unbranched alkanes of at least 4 members (excludes halogenated alkanes) is 30. The molecule has 0 aromatic heterocycles. The highest BCUT2D eigenvalue weighted by Gasteiger charge is 2.47. The summed E-state index contributed by atoms with van der Waals surface area (Å²) in [6.45, 7) is 19.1. The molecule has 5 heterocycles. The molecule has 5 aliphatic rings. The van der Waals surface area contributed by atoms with Crippen LogP contribution in [0.3, 0.4) is 0 Å². The number of carboxylic acid groups (broad SMARTS) is 1. The Hall–Kier alpha value is -8.47. The van der Waals surface area contributed by atoms with Crippen LogP contribution in [0.15, 0.2) is 242 Å². The number of carbonyl (C=O) groups excluding carboxylic acids is 1. The van der Waals surface area contributed by atoms with Gasteiger partial charge in [0.1, 0.15) is 14.1 Å². The van der Waals surface area contributed by atoms with Crippen LogP contribution in [0, 0.1) is 0 Å². The summed E-state index contributed by atoms with van der Waals surface area (Å²) >= 11 is 5.08. The molecule has 8 aromatic rings. The van der Waals surface area contributed by atoms with Crippen LogP contribution in [-0.2, 0) is 40.1 Å². The summed E-state index contributed by atoms with van der Waals surface area (Å²) in [6.07, 6.45) is 72.6. The Labute approximate surface area is 744 Å². The van der Waals surface area contributed by atoms with Crippen molar-refractivity contribution in [3.05, 3.63) is 264 Å². The summed E-state index contributed by atoms with van der Waals surface area (Å²) in [5, 5.41) is 30.1. The minimum atomic E-state index is -3.07. The lowest BCUT2D eigenvalue weighted by atomic mass is 9.79.